The fourth-order valence-electron chi connectivity index (χ4n) is 3.02. The number of pyridine rings is 1. The van der Waals surface area contributed by atoms with Gasteiger partial charge in [-0.15, -0.1) is 0 Å². The molecule has 18 heavy (non-hydrogen) atoms. The average molecular weight is 246 g/mol. The Hall–Kier alpha value is -1.09. The lowest BCUT2D eigenvalue weighted by Gasteiger charge is -2.46. The Balaban J connectivity index is 2.04. The van der Waals surface area contributed by atoms with Crippen molar-refractivity contribution in [3.8, 4) is 0 Å². The van der Waals surface area contributed by atoms with E-state index in [1.165, 1.54) is 22.5 Å². The van der Waals surface area contributed by atoms with Gasteiger partial charge in [0.1, 0.15) is 0 Å². The Bertz CT molecular complexity index is 484. The van der Waals surface area contributed by atoms with Crippen molar-refractivity contribution in [3.05, 3.63) is 23.0 Å². The number of fused-ring (bicyclic) bond motifs is 1. The van der Waals surface area contributed by atoms with E-state index in [2.05, 4.69) is 44.2 Å². The summed E-state index contributed by atoms with van der Waals surface area (Å²) in [5.41, 5.74) is 5.52. The van der Waals surface area contributed by atoms with E-state index in [9.17, 15) is 0 Å². The summed E-state index contributed by atoms with van der Waals surface area (Å²) in [6.45, 7) is 10.6. The predicted octanol–water partition coefficient (Wildman–Crippen LogP) is 2.81. The second-order valence-electron chi connectivity index (χ2n) is 6.77. The molecule has 0 bridgehead atoms. The number of aryl methyl sites for hydroxylation is 1. The SMILES string of the molecule is Cc1c(C(C)(C)C)cnc2c1NC1(CC2)COC1. The van der Waals surface area contributed by atoms with Crippen LogP contribution in [0.3, 0.4) is 0 Å². The largest absolute Gasteiger partial charge is 0.376 e. The molecule has 0 saturated carbocycles. The van der Waals surface area contributed by atoms with Crippen LogP contribution < -0.4 is 5.32 Å². The molecule has 3 rings (SSSR count). The summed E-state index contributed by atoms with van der Waals surface area (Å²) in [7, 11) is 0. The maximum absolute atomic E-state index is 5.39. The highest BCUT2D eigenvalue weighted by molar-refractivity contribution is 5.61. The zero-order valence-corrected chi connectivity index (χ0v) is 11.8. The molecular formula is C15H22N2O. The van der Waals surface area contributed by atoms with Crippen LogP contribution in [0.2, 0.25) is 0 Å². The Morgan fingerprint density at radius 3 is 2.61 bits per heavy atom. The number of anilines is 1. The van der Waals surface area contributed by atoms with Crippen molar-refractivity contribution in [2.45, 2.75) is 51.5 Å². The molecule has 0 aliphatic carbocycles. The summed E-state index contributed by atoms with van der Waals surface area (Å²) >= 11 is 0. The number of aromatic nitrogens is 1. The van der Waals surface area contributed by atoms with Crippen LogP contribution in [0.15, 0.2) is 6.20 Å². The quantitative estimate of drug-likeness (QED) is 0.764. The highest BCUT2D eigenvalue weighted by atomic mass is 16.5. The van der Waals surface area contributed by atoms with Gasteiger partial charge in [0, 0.05) is 6.20 Å². The van der Waals surface area contributed by atoms with Crippen LogP contribution in [-0.2, 0) is 16.6 Å². The third-order valence-corrected chi connectivity index (χ3v) is 4.21. The molecule has 0 unspecified atom stereocenters. The van der Waals surface area contributed by atoms with Crippen molar-refractivity contribution >= 4 is 5.69 Å². The van der Waals surface area contributed by atoms with E-state index in [4.69, 9.17) is 4.74 Å². The fraction of sp³-hybridized carbons (Fsp3) is 0.667. The van der Waals surface area contributed by atoms with Gasteiger partial charge in [0.05, 0.1) is 30.1 Å². The Morgan fingerprint density at radius 2 is 2.06 bits per heavy atom. The van der Waals surface area contributed by atoms with E-state index in [-0.39, 0.29) is 11.0 Å². The van der Waals surface area contributed by atoms with E-state index >= 15 is 0 Å². The lowest BCUT2D eigenvalue weighted by atomic mass is 9.81. The smallest absolute Gasteiger partial charge is 0.0844 e. The monoisotopic (exact) mass is 246 g/mol. The molecule has 0 atom stereocenters. The molecule has 3 heteroatoms. The lowest BCUT2D eigenvalue weighted by molar-refractivity contribution is -0.0470. The van der Waals surface area contributed by atoms with Gasteiger partial charge in [-0.25, -0.2) is 0 Å². The zero-order valence-electron chi connectivity index (χ0n) is 11.8. The summed E-state index contributed by atoms with van der Waals surface area (Å²) in [5.74, 6) is 0. The van der Waals surface area contributed by atoms with Crippen LogP contribution in [0.4, 0.5) is 5.69 Å². The normalized spacial score (nSPS) is 21.1. The highest BCUT2D eigenvalue weighted by Gasteiger charge is 2.42. The van der Waals surface area contributed by atoms with Gasteiger partial charge in [-0.05, 0) is 36.3 Å². The molecule has 1 fully saturated rings. The molecule has 3 heterocycles. The number of nitrogens with one attached hydrogen (secondary N) is 1. The van der Waals surface area contributed by atoms with Gasteiger partial charge in [0.15, 0.2) is 0 Å². The first-order valence-electron chi connectivity index (χ1n) is 6.76. The molecular weight excluding hydrogens is 224 g/mol. The minimum absolute atomic E-state index is 0.147. The highest BCUT2D eigenvalue weighted by Crippen LogP contribution is 2.39. The molecule has 1 aromatic heterocycles. The minimum atomic E-state index is 0.147. The van der Waals surface area contributed by atoms with E-state index in [1.807, 2.05) is 0 Å². The molecule has 0 amide bonds. The number of rotatable bonds is 0. The molecule has 98 valence electrons. The molecule has 0 aromatic carbocycles. The van der Waals surface area contributed by atoms with Gasteiger partial charge in [0.25, 0.3) is 0 Å². The van der Waals surface area contributed by atoms with E-state index in [0.717, 1.165) is 26.1 Å². The summed E-state index contributed by atoms with van der Waals surface area (Å²) < 4.78 is 5.39. The van der Waals surface area contributed by atoms with Crippen LogP contribution in [0.1, 0.15) is 44.0 Å². The first-order valence-corrected chi connectivity index (χ1v) is 6.76. The lowest BCUT2D eigenvalue weighted by Crippen LogP contribution is -2.57. The molecule has 1 saturated heterocycles. The van der Waals surface area contributed by atoms with E-state index < -0.39 is 0 Å². The van der Waals surface area contributed by atoms with Crippen molar-refractivity contribution < 1.29 is 4.74 Å². The summed E-state index contributed by atoms with van der Waals surface area (Å²) in [6.07, 6.45) is 4.27. The fourth-order valence-corrected chi connectivity index (χ4v) is 3.02. The molecule has 2 aliphatic rings. The summed E-state index contributed by atoms with van der Waals surface area (Å²) in [6, 6.07) is 0. The maximum atomic E-state index is 5.39. The third-order valence-electron chi connectivity index (χ3n) is 4.21. The van der Waals surface area contributed by atoms with E-state index in [1.54, 1.807) is 0 Å². The Labute approximate surface area is 109 Å². The standard InChI is InChI=1S/C15H22N2O/c1-10-11(14(2,3)4)7-16-12-5-6-15(8-18-9-15)17-13(10)12/h7,17H,5-6,8-9H2,1-4H3. The van der Waals surface area contributed by atoms with Crippen molar-refractivity contribution in [3.63, 3.8) is 0 Å². The van der Waals surface area contributed by atoms with Gasteiger partial charge in [-0.1, -0.05) is 20.8 Å². The predicted molar refractivity (Wildman–Crippen MR) is 73.2 cm³/mol. The minimum Gasteiger partial charge on any atom is -0.376 e. The second kappa shape index (κ2) is 3.70. The van der Waals surface area contributed by atoms with Crippen LogP contribution in [-0.4, -0.2) is 23.7 Å². The molecule has 1 spiro atoms. The number of nitrogens with zero attached hydrogens (tertiary/aromatic N) is 1. The van der Waals surface area contributed by atoms with Gasteiger partial charge in [-0.3, -0.25) is 4.98 Å². The van der Waals surface area contributed by atoms with Crippen molar-refractivity contribution in [1.82, 2.24) is 4.98 Å². The summed E-state index contributed by atoms with van der Waals surface area (Å²) in [4.78, 5) is 4.67. The number of hydrogen-bond donors (Lipinski definition) is 1. The molecule has 2 aliphatic heterocycles. The molecule has 1 aromatic rings. The Kier molecular flexibility index (Phi) is 2.46. The van der Waals surface area contributed by atoms with Gasteiger partial charge in [-0.2, -0.15) is 0 Å². The van der Waals surface area contributed by atoms with Crippen molar-refractivity contribution in [1.29, 1.82) is 0 Å². The van der Waals surface area contributed by atoms with Crippen LogP contribution in [0.25, 0.3) is 0 Å². The van der Waals surface area contributed by atoms with Crippen molar-refractivity contribution in [2.75, 3.05) is 18.5 Å². The maximum Gasteiger partial charge on any atom is 0.0844 e. The average Bonchev–Trinajstić information content (AvgIpc) is 2.25. The second-order valence-corrected chi connectivity index (χ2v) is 6.77. The first-order chi connectivity index (χ1) is 8.41. The van der Waals surface area contributed by atoms with Gasteiger partial charge in [0.2, 0.25) is 0 Å². The Morgan fingerprint density at radius 1 is 1.33 bits per heavy atom. The van der Waals surface area contributed by atoms with Crippen LogP contribution in [0, 0.1) is 6.92 Å². The van der Waals surface area contributed by atoms with Crippen molar-refractivity contribution in [2.24, 2.45) is 0 Å². The summed E-state index contributed by atoms with van der Waals surface area (Å²) in [5, 5.41) is 3.70. The molecule has 1 N–H and O–H groups in total. The van der Waals surface area contributed by atoms with Crippen LogP contribution >= 0.6 is 0 Å². The first kappa shape index (κ1) is 12.0. The zero-order chi connectivity index (χ0) is 13.0. The third kappa shape index (κ3) is 1.72. The van der Waals surface area contributed by atoms with Gasteiger partial charge >= 0.3 is 0 Å². The molecule has 3 nitrogen and oxygen atoms in total. The van der Waals surface area contributed by atoms with Gasteiger partial charge < -0.3 is 10.1 Å². The number of hydrogen-bond acceptors (Lipinski definition) is 3. The number of ether oxygens (including phenoxy) is 1. The molecule has 0 radical (unpaired) electrons. The topological polar surface area (TPSA) is 34.2 Å². The van der Waals surface area contributed by atoms with Crippen LogP contribution in [0.5, 0.6) is 0 Å². The van der Waals surface area contributed by atoms with E-state index in [0.29, 0.717) is 0 Å².